The number of rotatable bonds is 1. The molecule has 0 atom stereocenters. The van der Waals surface area contributed by atoms with E-state index in [1.807, 2.05) is 6.92 Å². The number of hydrogen-bond acceptors (Lipinski definition) is 3. The lowest BCUT2D eigenvalue weighted by Crippen LogP contribution is -2.59. The first kappa shape index (κ1) is 9.65. The van der Waals surface area contributed by atoms with Crippen molar-refractivity contribution in [2.45, 2.75) is 38.6 Å². The van der Waals surface area contributed by atoms with Gasteiger partial charge in [0, 0.05) is 21.2 Å². The summed E-state index contributed by atoms with van der Waals surface area (Å²) >= 11 is 0. The molecule has 0 bridgehead atoms. The minimum atomic E-state index is -1.84. The van der Waals surface area contributed by atoms with Crippen molar-refractivity contribution in [2.75, 3.05) is 11.5 Å². The molecule has 1 heterocycles. The molecule has 82 valence electrons. The van der Waals surface area contributed by atoms with Crippen LogP contribution in [0.5, 0.6) is 0 Å². The summed E-state index contributed by atoms with van der Waals surface area (Å²) < 4.78 is 16.6. The highest BCUT2D eigenvalue weighted by atomic mass is 32.2. The van der Waals surface area contributed by atoms with Crippen molar-refractivity contribution in [2.24, 2.45) is 15.2 Å². The fourth-order valence-corrected chi connectivity index (χ4v) is 6.47. The summed E-state index contributed by atoms with van der Waals surface area (Å²) in [5, 5.41) is 8.94. The van der Waals surface area contributed by atoms with Crippen LogP contribution in [0.3, 0.4) is 0 Å². The van der Waals surface area contributed by atoms with Gasteiger partial charge >= 0.3 is 0 Å². The van der Waals surface area contributed by atoms with Crippen LogP contribution in [0.25, 0.3) is 0 Å². The number of nitrogens with zero attached hydrogens (tertiary/aromatic N) is 2. The topological polar surface area (TPSA) is 53.2 Å². The summed E-state index contributed by atoms with van der Waals surface area (Å²) in [4.78, 5) is 0. The molecule has 3 nitrogen and oxygen atoms in total. The molecular weight excluding hydrogens is 208 g/mol. The van der Waals surface area contributed by atoms with Gasteiger partial charge < -0.3 is 0 Å². The molecule has 0 radical (unpaired) electrons. The molecule has 3 fully saturated rings. The Labute approximate surface area is 91.0 Å². The highest BCUT2D eigenvalue weighted by Crippen LogP contribution is 2.60. The maximum atomic E-state index is 12.2. The molecule has 1 spiro atoms. The third-order valence-electron chi connectivity index (χ3n) is 3.75. The lowest BCUT2D eigenvalue weighted by Gasteiger charge is -2.57. The number of hydrogen-bond donors (Lipinski definition) is 0. The van der Waals surface area contributed by atoms with E-state index in [4.69, 9.17) is 5.26 Å². The molecule has 0 N–H and O–H groups in total. The monoisotopic (exact) mass is 224 g/mol. The molecule has 3 aliphatic rings. The molecule has 1 aliphatic heterocycles. The van der Waals surface area contributed by atoms with Crippen molar-refractivity contribution in [3.05, 3.63) is 0 Å². The van der Waals surface area contributed by atoms with E-state index in [1.54, 1.807) is 0 Å². The molecule has 0 aromatic rings. The largest absolute Gasteiger partial charge is 0.250 e. The van der Waals surface area contributed by atoms with Crippen molar-refractivity contribution in [1.29, 1.82) is 5.26 Å². The van der Waals surface area contributed by atoms with Gasteiger partial charge in [0.05, 0.1) is 17.5 Å². The van der Waals surface area contributed by atoms with E-state index < -0.39 is 9.73 Å². The molecular formula is C11H16N2OS. The standard InChI is InChI=1S/C11H16N2OS/c1-10(6-12)4-11(5-10)7-15(14,8-11)13-9-2-3-9/h9H,2-5,7-8H2,1H3. The van der Waals surface area contributed by atoms with Crippen molar-refractivity contribution in [3.8, 4) is 6.07 Å². The molecule has 0 aromatic heterocycles. The Morgan fingerprint density at radius 1 is 1.40 bits per heavy atom. The van der Waals surface area contributed by atoms with Crippen LogP contribution >= 0.6 is 0 Å². The van der Waals surface area contributed by atoms with Crippen molar-refractivity contribution >= 4 is 9.73 Å². The molecule has 3 rings (SSSR count). The third-order valence-corrected chi connectivity index (χ3v) is 6.56. The summed E-state index contributed by atoms with van der Waals surface area (Å²) in [6, 6.07) is 2.77. The first-order valence-electron chi connectivity index (χ1n) is 5.60. The molecule has 1 saturated heterocycles. The normalized spacial score (nSPS) is 52.8. The first-order valence-corrected chi connectivity index (χ1v) is 7.45. The van der Waals surface area contributed by atoms with E-state index in [1.165, 1.54) is 0 Å². The Morgan fingerprint density at radius 2 is 2.00 bits per heavy atom. The Bertz CT molecular complexity index is 443. The SMILES string of the molecule is CC1(C#N)CC2(C1)CS(=O)(=NC1CC1)C2. The van der Waals surface area contributed by atoms with E-state index >= 15 is 0 Å². The van der Waals surface area contributed by atoms with Crippen LogP contribution in [0.4, 0.5) is 0 Å². The zero-order valence-corrected chi connectivity index (χ0v) is 9.85. The molecule has 2 saturated carbocycles. The fourth-order valence-electron chi connectivity index (χ4n) is 3.33. The quantitative estimate of drug-likeness (QED) is 0.683. The zero-order valence-electron chi connectivity index (χ0n) is 9.03. The molecule has 0 aromatic carbocycles. The second-order valence-corrected chi connectivity index (χ2v) is 8.26. The van der Waals surface area contributed by atoms with Crippen molar-refractivity contribution in [1.82, 2.24) is 0 Å². The van der Waals surface area contributed by atoms with Crippen LogP contribution in [-0.2, 0) is 9.73 Å². The van der Waals surface area contributed by atoms with Gasteiger partial charge in [0.1, 0.15) is 0 Å². The number of nitriles is 1. The van der Waals surface area contributed by atoms with E-state index in [2.05, 4.69) is 10.4 Å². The van der Waals surface area contributed by atoms with Crippen LogP contribution in [0.15, 0.2) is 4.36 Å². The second-order valence-electron chi connectivity index (χ2n) is 5.92. The van der Waals surface area contributed by atoms with Crippen LogP contribution in [0.2, 0.25) is 0 Å². The maximum Gasteiger partial charge on any atom is 0.0687 e. The fraction of sp³-hybridized carbons (Fsp3) is 0.909. The van der Waals surface area contributed by atoms with E-state index in [0.717, 1.165) is 37.2 Å². The van der Waals surface area contributed by atoms with Gasteiger partial charge in [-0.1, -0.05) is 0 Å². The van der Waals surface area contributed by atoms with E-state index in [-0.39, 0.29) is 10.8 Å². The summed E-state index contributed by atoms with van der Waals surface area (Å²) in [6.45, 7) is 2.01. The summed E-state index contributed by atoms with van der Waals surface area (Å²) in [6.07, 6.45) is 4.15. The van der Waals surface area contributed by atoms with Gasteiger partial charge in [0.2, 0.25) is 0 Å². The molecule has 2 aliphatic carbocycles. The average Bonchev–Trinajstić information content (AvgIpc) is 2.82. The predicted molar refractivity (Wildman–Crippen MR) is 58.7 cm³/mol. The smallest absolute Gasteiger partial charge is 0.0687 e. The minimum absolute atomic E-state index is 0.139. The van der Waals surface area contributed by atoms with Gasteiger partial charge in [-0.05, 0) is 38.0 Å². The lowest BCUT2D eigenvalue weighted by molar-refractivity contribution is 0.0462. The zero-order chi connectivity index (χ0) is 10.7. The Morgan fingerprint density at radius 3 is 2.47 bits per heavy atom. The van der Waals surface area contributed by atoms with Gasteiger partial charge in [-0.25, -0.2) is 8.57 Å². The second kappa shape index (κ2) is 2.57. The molecule has 15 heavy (non-hydrogen) atoms. The van der Waals surface area contributed by atoms with Gasteiger partial charge in [0.25, 0.3) is 0 Å². The van der Waals surface area contributed by atoms with Gasteiger partial charge in [-0.15, -0.1) is 0 Å². The van der Waals surface area contributed by atoms with E-state index in [0.29, 0.717) is 6.04 Å². The molecule has 4 heteroatoms. The van der Waals surface area contributed by atoms with Gasteiger partial charge in [0.15, 0.2) is 0 Å². The Kier molecular flexibility index (Phi) is 1.65. The Balaban J connectivity index is 1.68. The molecule has 0 amide bonds. The highest BCUT2D eigenvalue weighted by molar-refractivity contribution is 7.95. The van der Waals surface area contributed by atoms with Crippen LogP contribution in [-0.4, -0.2) is 21.8 Å². The van der Waals surface area contributed by atoms with Gasteiger partial charge in [-0.2, -0.15) is 5.26 Å². The summed E-state index contributed by atoms with van der Waals surface area (Å²) in [5.41, 5.74) is 0.0975. The first-order chi connectivity index (χ1) is 6.97. The highest BCUT2D eigenvalue weighted by Gasteiger charge is 2.60. The van der Waals surface area contributed by atoms with Gasteiger partial charge in [-0.3, -0.25) is 0 Å². The Hall–Kier alpha value is -0.560. The van der Waals surface area contributed by atoms with Crippen molar-refractivity contribution < 1.29 is 4.21 Å². The van der Waals surface area contributed by atoms with Crippen molar-refractivity contribution in [3.63, 3.8) is 0 Å². The minimum Gasteiger partial charge on any atom is -0.250 e. The van der Waals surface area contributed by atoms with E-state index in [9.17, 15) is 4.21 Å². The average molecular weight is 224 g/mol. The summed E-state index contributed by atoms with van der Waals surface area (Å²) in [7, 11) is -1.84. The van der Waals surface area contributed by atoms with Crippen LogP contribution in [0.1, 0.15) is 32.6 Å². The lowest BCUT2D eigenvalue weighted by atomic mass is 9.55. The van der Waals surface area contributed by atoms with Crippen LogP contribution in [0, 0.1) is 22.2 Å². The van der Waals surface area contributed by atoms with Crippen LogP contribution < -0.4 is 0 Å². The maximum absolute atomic E-state index is 12.2. The third kappa shape index (κ3) is 1.48. The summed E-state index contributed by atoms with van der Waals surface area (Å²) in [5.74, 6) is 1.54. The predicted octanol–water partition coefficient (Wildman–Crippen LogP) is 1.94. The molecule has 0 unspecified atom stereocenters.